The number of hydrogen-bond donors (Lipinski definition) is 1. The summed E-state index contributed by atoms with van der Waals surface area (Å²) in [4.78, 5) is 32.8. The van der Waals surface area contributed by atoms with Crippen molar-refractivity contribution in [2.24, 2.45) is 0 Å². The Morgan fingerprint density at radius 3 is 2.49 bits per heavy atom. The quantitative estimate of drug-likeness (QED) is 0.405. The van der Waals surface area contributed by atoms with Crippen molar-refractivity contribution in [1.82, 2.24) is 24.8 Å². The Balaban J connectivity index is 0.950. The molecule has 2 aromatic carbocycles. The van der Waals surface area contributed by atoms with Crippen molar-refractivity contribution < 1.29 is 14.3 Å². The van der Waals surface area contributed by atoms with E-state index in [4.69, 9.17) is 9.47 Å². The number of carbonyl (C=O) groups excluding carboxylic acids is 1. The van der Waals surface area contributed by atoms with Crippen LogP contribution in [0.3, 0.4) is 0 Å². The number of nitrogens with zero attached hydrogens (tertiary/aromatic N) is 7. The van der Waals surface area contributed by atoms with E-state index in [1.165, 1.54) is 12.0 Å². The zero-order valence-corrected chi connectivity index (χ0v) is 25.1. The molecule has 4 heterocycles. The van der Waals surface area contributed by atoms with Crippen LogP contribution in [0.1, 0.15) is 24.8 Å². The molecule has 4 aliphatic rings. The number of hydrogen-bond acceptors (Lipinski definition) is 10. The zero-order chi connectivity index (χ0) is 30.6. The summed E-state index contributed by atoms with van der Waals surface area (Å²) in [6, 6.07) is 16.6. The van der Waals surface area contributed by atoms with Crippen LogP contribution in [0.2, 0.25) is 0 Å². The van der Waals surface area contributed by atoms with Gasteiger partial charge in [0, 0.05) is 74.6 Å². The molecule has 3 aliphatic heterocycles. The van der Waals surface area contributed by atoms with Crippen LogP contribution in [0.25, 0.3) is 11.4 Å². The number of rotatable bonds is 8. The average Bonchev–Trinajstić information content (AvgIpc) is 3.61. The number of piperidine rings is 1. The first kappa shape index (κ1) is 29.0. The normalized spacial score (nSPS) is 19.1. The molecule has 0 spiro atoms. The summed E-state index contributed by atoms with van der Waals surface area (Å²) in [5.74, 6) is 1.52. The number of anilines is 3. The fourth-order valence-electron chi connectivity index (χ4n) is 6.18. The van der Waals surface area contributed by atoms with Crippen LogP contribution in [0.5, 0.6) is 5.75 Å². The highest BCUT2D eigenvalue weighted by Gasteiger charge is 2.29. The fourth-order valence-corrected chi connectivity index (χ4v) is 6.18. The van der Waals surface area contributed by atoms with Crippen LogP contribution in [0.15, 0.2) is 72.6 Å². The average molecular weight is 605 g/mol. The molecule has 11 heteroatoms. The lowest BCUT2D eigenvalue weighted by molar-refractivity contribution is -0.128. The topological polar surface area (TPSA) is 120 Å². The van der Waals surface area contributed by atoms with Crippen LogP contribution in [0.4, 0.5) is 17.3 Å². The first-order valence-corrected chi connectivity index (χ1v) is 15.6. The van der Waals surface area contributed by atoms with E-state index in [1.807, 2.05) is 41.3 Å². The summed E-state index contributed by atoms with van der Waals surface area (Å²) < 4.78 is 11.6. The van der Waals surface area contributed by atoms with Crippen LogP contribution in [-0.2, 0) is 9.53 Å². The second-order valence-electron chi connectivity index (χ2n) is 11.8. The van der Waals surface area contributed by atoms with Crippen LogP contribution in [-0.4, -0.2) is 95.3 Å². The molecular formula is C34H36N8O3. The molecule has 3 saturated heterocycles. The van der Waals surface area contributed by atoms with E-state index in [0.29, 0.717) is 54.2 Å². The summed E-state index contributed by atoms with van der Waals surface area (Å²) in [6.07, 6.45) is 9.37. The molecule has 230 valence electrons. The van der Waals surface area contributed by atoms with Gasteiger partial charge in [0.05, 0.1) is 24.8 Å². The lowest BCUT2D eigenvalue weighted by atomic mass is 10.1. The molecule has 45 heavy (non-hydrogen) atoms. The molecule has 0 radical (unpaired) electrons. The number of aromatic nitrogens is 3. The van der Waals surface area contributed by atoms with Gasteiger partial charge in [0.2, 0.25) is 11.9 Å². The Bertz CT molecular complexity index is 1630. The summed E-state index contributed by atoms with van der Waals surface area (Å²) >= 11 is 0. The van der Waals surface area contributed by atoms with E-state index >= 15 is 0 Å². The molecule has 11 nitrogen and oxygen atoms in total. The molecule has 0 atom stereocenters. The molecule has 0 saturated carbocycles. The van der Waals surface area contributed by atoms with Gasteiger partial charge in [-0.15, -0.1) is 0 Å². The Hall–Kier alpha value is -4.79. The number of piperazine rings is 1. The molecule has 3 fully saturated rings. The van der Waals surface area contributed by atoms with E-state index in [1.54, 1.807) is 12.1 Å². The number of nitrogens with one attached hydrogen (secondary N) is 1. The highest BCUT2D eigenvalue weighted by atomic mass is 16.5. The Kier molecular flexibility index (Phi) is 8.40. The van der Waals surface area contributed by atoms with Gasteiger partial charge in [-0.05, 0) is 48.9 Å². The number of ether oxygens (including phenoxy) is 2. The maximum Gasteiger partial charge on any atom is 0.250 e. The summed E-state index contributed by atoms with van der Waals surface area (Å²) in [5.41, 5.74) is 4.04. The van der Waals surface area contributed by atoms with E-state index < -0.39 is 0 Å². The molecular weight excluding hydrogens is 568 g/mol. The van der Waals surface area contributed by atoms with Crippen LogP contribution < -0.4 is 15.0 Å². The summed E-state index contributed by atoms with van der Waals surface area (Å²) in [6.45, 7) is 7.12. The van der Waals surface area contributed by atoms with Crippen molar-refractivity contribution in [2.75, 3.05) is 62.7 Å². The van der Waals surface area contributed by atoms with Gasteiger partial charge in [0.25, 0.3) is 0 Å². The minimum atomic E-state index is -0.0610. The lowest BCUT2D eigenvalue weighted by Gasteiger charge is -2.43. The summed E-state index contributed by atoms with van der Waals surface area (Å²) in [5, 5.41) is 13.2. The third kappa shape index (κ3) is 6.53. The molecule has 3 aromatic rings. The monoisotopic (exact) mass is 604 g/mol. The maximum absolute atomic E-state index is 12.7. The number of benzene rings is 2. The van der Waals surface area contributed by atoms with Crippen molar-refractivity contribution >= 4 is 23.2 Å². The van der Waals surface area contributed by atoms with Gasteiger partial charge in [-0.2, -0.15) is 10.2 Å². The number of nitriles is 1. The van der Waals surface area contributed by atoms with Crippen molar-refractivity contribution in [3.8, 4) is 23.2 Å². The third-order valence-electron chi connectivity index (χ3n) is 8.94. The van der Waals surface area contributed by atoms with Gasteiger partial charge in [-0.1, -0.05) is 18.2 Å². The van der Waals surface area contributed by atoms with Crippen LogP contribution in [0, 0.1) is 11.3 Å². The number of likely N-dealkylation sites (tertiary alicyclic amines) is 1. The Morgan fingerprint density at radius 2 is 1.80 bits per heavy atom. The standard InChI is InChI=1S/C34H36N8O3/c35-20-26-19-25(5-10-31(26)45-30-11-13-42(14-12-30)33(43)24-3-1-2-4-24)32-36-23-37-34(39-32)38-27-6-8-28(9-7-27)40-15-17-41(18-16-40)29-21-44-22-29/h1-3,5-10,19,23,29-30H,4,11-18,21-22H2,(H,36,37,38,39). The van der Waals surface area contributed by atoms with Gasteiger partial charge in [0.15, 0.2) is 5.82 Å². The third-order valence-corrected chi connectivity index (χ3v) is 8.94. The van der Waals surface area contributed by atoms with Gasteiger partial charge in [-0.3, -0.25) is 9.69 Å². The van der Waals surface area contributed by atoms with Gasteiger partial charge in [-0.25, -0.2) is 9.97 Å². The second kappa shape index (κ2) is 13.1. The molecule has 1 aliphatic carbocycles. The van der Waals surface area contributed by atoms with Crippen molar-refractivity contribution in [2.45, 2.75) is 31.4 Å². The van der Waals surface area contributed by atoms with E-state index in [9.17, 15) is 10.1 Å². The number of allylic oxidation sites excluding steroid dienone is 3. The highest BCUT2D eigenvalue weighted by Crippen LogP contribution is 2.29. The smallest absolute Gasteiger partial charge is 0.250 e. The number of carbonyl (C=O) groups is 1. The molecule has 1 amide bonds. The lowest BCUT2D eigenvalue weighted by Crippen LogP contribution is -2.56. The molecule has 0 unspecified atom stereocenters. The van der Waals surface area contributed by atoms with Gasteiger partial charge in [0.1, 0.15) is 24.3 Å². The second-order valence-corrected chi connectivity index (χ2v) is 11.8. The Labute approximate surface area is 262 Å². The molecule has 0 bridgehead atoms. The van der Waals surface area contributed by atoms with Crippen molar-refractivity contribution in [3.63, 3.8) is 0 Å². The van der Waals surface area contributed by atoms with Crippen molar-refractivity contribution in [1.29, 1.82) is 5.26 Å². The minimum Gasteiger partial charge on any atom is -0.489 e. The van der Waals surface area contributed by atoms with Gasteiger partial charge < -0.3 is 24.6 Å². The van der Waals surface area contributed by atoms with Gasteiger partial charge >= 0.3 is 0 Å². The van der Waals surface area contributed by atoms with E-state index in [2.05, 4.69) is 48.3 Å². The first-order valence-electron chi connectivity index (χ1n) is 15.6. The largest absolute Gasteiger partial charge is 0.489 e. The van der Waals surface area contributed by atoms with E-state index in [0.717, 1.165) is 63.5 Å². The summed E-state index contributed by atoms with van der Waals surface area (Å²) in [7, 11) is 0. The highest BCUT2D eigenvalue weighted by molar-refractivity contribution is 5.94. The molecule has 7 rings (SSSR count). The van der Waals surface area contributed by atoms with Crippen LogP contribution >= 0.6 is 0 Å². The minimum absolute atomic E-state index is 0.0610. The predicted molar refractivity (Wildman–Crippen MR) is 170 cm³/mol. The maximum atomic E-state index is 12.7. The molecule has 1 N–H and O–H groups in total. The van der Waals surface area contributed by atoms with Crippen molar-refractivity contribution in [3.05, 3.63) is 78.2 Å². The first-order chi connectivity index (χ1) is 22.1. The number of amides is 1. The molecule has 1 aromatic heterocycles. The fraction of sp³-hybridized carbons (Fsp3) is 0.382. The SMILES string of the molecule is N#Cc1cc(-c2ncnc(Nc3ccc(N4CCN(C5COC5)CC4)cc3)n2)ccc1OC1CCN(C(=O)C2=CC=CC2)CC1. The van der Waals surface area contributed by atoms with E-state index in [-0.39, 0.29) is 12.0 Å². The zero-order valence-electron chi connectivity index (χ0n) is 25.1. The Morgan fingerprint density at radius 1 is 1.00 bits per heavy atom. The predicted octanol–water partition coefficient (Wildman–Crippen LogP) is 3.93.